The zero-order chi connectivity index (χ0) is 24.2. The Hall–Kier alpha value is -2.32. The summed E-state index contributed by atoms with van der Waals surface area (Å²) in [5.41, 5.74) is 0.384. The zero-order valence-corrected chi connectivity index (χ0v) is 21.1. The van der Waals surface area contributed by atoms with Crippen LogP contribution in [-0.2, 0) is 16.1 Å². The highest BCUT2D eigenvalue weighted by atomic mass is 16.6. The molecule has 0 aliphatic carbocycles. The molecule has 33 heavy (non-hydrogen) atoms. The summed E-state index contributed by atoms with van der Waals surface area (Å²) in [5, 5.41) is 13.2. The van der Waals surface area contributed by atoms with Crippen LogP contribution in [0, 0.1) is 0 Å². The third kappa shape index (κ3) is 10.0. The molecule has 186 valence electrons. The Kier molecular flexibility index (Phi) is 10.9. The Morgan fingerprint density at radius 2 is 1.67 bits per heavy atom. The maximum Gasteiger partial charge on any atom is 0.308 e. The minimum atomic E-state index is -1.28. The number of methoxy groups -OCH3 is 1. The molecule has 8 heteroatoms. The van der Waals surface area contributed by atoms with E-state index >= 15 is 0 Å². The van der Waals surface area contributed by atoms with Crippen LogP contribution in [0.1, 0.15) is 84.6 Å². The van der Waals surface area contributed by atoms with Gasteiger partial charge in [-0.05, 0) is 38.0 Å². The number of carbonyl (C=O) groups is 1. The summed E-state index contributed by atoms with van der Waals surface area (Å²) in [6.45, 7) is 8.81. The molecule has 2 rings (SSSR count). The van der Waals surface area contributed by atoms with Crippen LogP contribution in [0.3, 0.4) is 0 Å². The summed E-state index contributed by atoms with van der Waals surface area (Å²) in [6.07, 6.45) is 10.1. The zero-order valence-electron chi connectivity index (χ0n) is 21.1. The van der Waals surface area contributed by atoms with Crippen LogP contribution >= 0.6 is 0 Å². The molecule has 0 saturated heterocycles. The Morgan fingerprint density at radius 1 is 1.03 bits per heavy atom. The van der Waals surface area contributed by atoms with E-state index < -0.39 is 17.6 Å². The Bertz CT molecular complexity index is 751. The first-order chi connectivity index (χ1) is 15.8. The van der Waals surface area contributed by atoms with E-state index in [9.17, 15) is 4.79 Å². The van der Waals surface area contributed by atoms with Crippen LogP contribution in [-0.4, -0.2) is 37.2 Å². The van der Waals surface area contributed by atoms with Gasteiger partial charge in [0.25, 0.3) is 0 Å². The van der Waals surface area contributed by atoms with Gasteiger partial charge in [-0.25, -0.2) is 15.6 Å². The summed E-state index contributed by atoms with van der Waals surface area (Å²) < 4.78 is 10.9. The second kappa shape index (κ2) is 13.4. The molecule has 1 aromatic carbocycles. The SMILES string of the molecule is CCCCCCCCCCNC1=NC(C)(C)NC(NCc2ccc(OC)cc2)(OC(C)=O)N1. The number of hydrogen-bond donors (Lipinski definition) is 4. The summed E-state index contributed by atoms with van der Waals surface area (Å²) >= 11 is 0. The van der Waals surface area contributed by atoms with Gasteiger partial charge in [-0.2, -0.15) is 0 Å². The van der Waals surface area contributed by atoms with E-state index in [4.69, 9.17) is 14.5 Å². The van der Waals surface area contributed by atoms with Crippen molar-refractivity contribution >= 4 is 11.9 Å². The number of esters is 1. The van der Waals surface area contributed by atoms with Gasteiger partial charge in [-0.1, -0.05) is 64.0 Å². The molecular formula is C25H43N5O3. The van der Waals surface area contributed by atoms with Crippen LogP contribution in [0.15, 0.2) is 29.3 Å². The van der Waals surface area contributed by atoms with Gasteiger partial charge >= 0.3 is 11.9 Å². The number of carbonyl (C=O) groups excluding carboxylic acids is 1. The largest absolute Gasteiger partial charge is 0.497 e. The molecule has 1 heterocycles. The number of aliphatic imine (C=N–C) groups is 1. The standard InChI is InChI=1S/C25H43N5O3/c1-6-7-8-9-10-11-12-13-18-26-23-28-24(3,4)30-25(29-23,33-20(2)31)27-19-21-14-16-22(32-5)17-15-21/h14-17,27,30H,6-13,18-19H2,1-5H3,(H2,26,28,29). The molecule has 8 nitrogen and oxygen atoms in total. The van der Waals surface area contributed by atoms with Gasteiger partial charge in [0.15, 0.2) is 5.96 Å². The van der Waals surface area contributed by atoms with Gasteiger partial charge in [0.2, 0.25) is 0 Å². The van der Waals surface area contributed by atoms with E-state index in [0.717, 1.165) is 24.3 Å². The third-order valence-corrected chi connectivity index (χ3v) is 5.49. The van der Waals surface area contributed by atoms with Gasteiger partial charge in [-0.3, -0.25) is 10.1 Å². The maximum atomic E-state index is 11.9. The number of nitrogens with zero attached hydrogens (tertiary/aromatic N) is 1. The summed E-state index contributed by atoms with van der Waals surface area (Å²) in [6, 6.07) is 7.74. The maximum absolute atomic E-state index is 11.9. The first-order valence-electron chi connectivity index (χ1n) is 12.3. The van der Waals surface area contributed by atoms with E-state index in [1.165, 1.54) is 51.9 Å². The van der Waals surface area contributed by atoms with Crippen LogP contribution < -0.4 is 26.0 Å². The molecule has 0 aromatic heterocycles. The smallest absolute Gasteiger partial charge is 0.308 e. The monoisotopic (exact) mass is 461 g/mol. The van der Waals surface area contributed by atoms with E-state index in [1.807, 2.05) is 38.1 Å². The van der Waals surface area contributed by atoms with Crippen LogP contribution in [0.25, 0.3) is 0 Å². The van der Waals surface area contributed by atoms with Crippen molar-refractivity contribution in [3.63, 3.8) is 0 Å². The highest BCUT2D eigenvalue weighted by molar-refractivity contribution is 5.82. The van der Waals surface area contributed by atoms with Crippen LogP contribution in [0.2, 0.25) is 0 Å². The fraction of sp³-hybridized carbons (Fsp3) is 0.680. The summed E-state index contributed by atoms with van der Waals surface area (Å²) in [4.78, 5) is 16.6. The molecule has 0 amide bonds. The number of hydrogen-bond acceptors (Lipinski definition) is 8. The Morgan fingerprint density at radius 3 is 2.27 bits per heavy atom. The van der Waals surface area contributed by atoms with Gasteiger partial charge in [0.1, 0.15) is 11.4 Å². The quantitative estimate of drug-likeness (QED) is 0.189. The normalized spacial score (nSPS) is 19.4. The highest BCUT2D eigenvalue weighted by Gasteiger charge is 2.43. The lowest BCUT2D eigenvalue weighted by Crippen LogP contribution is -2.77. The molecule has 1 aliphatic rings. The first-order valence-corrected chi connectivity index (χ1v) is 12.3. The van der Waals surface area contributed by atoms with Gasteiger partial charge in [-0.15, -0.1) is 0 Å². The molecule has 1 atom stereocenters. The molecule has 1 aromatic rings. The second-order valence-corrected chi connectivity index (χ2v) is 9.15. The lowest BCUT2D eigenvalue weighted by Gasteiger charge is -2.44. The van der Waals surface area contributed by atoms with Gasteiger partial charge in [0, 0.05) is 20.0 Å². The van der Waals surface area contributed by atoms with Crippen LogP contribution in [0.4, 0.5) is 0 Å². The Labute approximate surface area is 199 Å². The minimum absolute atomic E-state index is 0.405. The number of ether oxygens (including phenoxy) is 2. The molecule has 1 aliphatic heterocycles. The van der Waals surface area contributed by atoms with Crippen molar-refractivity contribution in [3.8, 4) is 5.75 Å². The fourth-order valence-electron chi connectivity index (χ4n) is 3.87. The van der Waals surface area contributed by atoms with Crippen molar-refractivity contribution in [1.82, 2.24) is 21.3 Å². The number of benzene rings is 1. The number of rotatable bonds is 14. The summed E-state index contributed by atoms with van der Waals surface area (Å²) in [5.74, 6) is -0.288. The van der Waals surface area contributed by atoms with Crippen molar-refractivity contribution in [3.05, 3.63) is 29.8 Å². The van der Waals surface area contributed by atoms with Crippen molar-refractivity contribution in [2.75, 3.05) is 13.7 Å². The van der Waals surface area contributed by atoms with Crippen molar-refractivity contribution in [1.29, 1.82) is 0 Å². The predicted octanol–water partition coefficient (Wildman–Crippen LogP) is 3.97. The van der Waals surface area contributed by atoms with Crippen molar-refractivity contribution < 1.29 is 14.3 Å². The van der Waals surface area contributed by atoms with E-state index in [-0.39, 0.29) is 0 Å². The average Bonchev–Trinajstić information content (AvgIpc) is 2.75. The molecule has 4 N–H and O–H groups in total. The second-order valence-electron chi connectivity index (χ2n) is 9.15. The molecular weight excluding hydrogens is 418 g/mol. The predicted molar refractivity (Wildman–Crippen MR) is 133 cm³/mol. The molecule has 0 bridgehead atoms. The third-order valence-electron chi connectivity index (χ3n) is 5.49. The first kappa shape index (κ1) is 26.9. The average molecular weight is 462 g/mol. The number of nitrogens with one attached hydrogen (secondary N) is 4. The highest BCUT2D eigenvalue weighted by Crippen LogP contribution is 2.18. The van der Waals surface area contributed by atoms with E-state index in [2.05, 4.69) is 28.2 Å². The van der Waals surface area contributed by atoms with Crippen LogP contribution in [0.5, 0.6) is 5.75 Å². The Balaban J connectivity index is 1.91. The molecule has 0 saturated carbocycles. The van der Waals surface area contributed by atoms with Crippen molar-refractivity contribution in [2.45, 2.75) is 97.2 Å². The molecule has 0 spiro atoms. The number of guanidine groups is 1. The molecule has 0 radical (unpaired) electrons. The van der Waals surface area contributed by atoms with Gasteiger partial charge < -0.3 is 14.8 Å². The molecule has 1 unspecified atom stereocenters. The van der Waals surface area contributed by atoms with E-state index in [1.54, 1.807) is 7.11 Å². The topological polar surface area (TPSA) is 96.0 Å². The summed E-state index contributed by atoms with van der Waals surface area (Å²) in [7, 11) is 1.64. The minimum Gasteiger partial charge on any atom is -0.497 e. The lowest BCUT2D eigenvalue weighted by molar-refractivity contribution is -0.174. The van der Waals surface area contributed by atoms with Crippen molar-refractivity contribution in [2.24, 2.45) is 4.99 Å². The van der Waals surface area contributed by atoms with Gasteiger partial charge in [0.05, 0.1) is 7.11 Å². The lowest BCUT2D eigenvalue weighted by atomic mass is 10.1. The number of unbranched alkanes of at least 4 members (excludes halogenated alkanes) is 7. The molecule has 0 fully saturated rings. The fourth-order valence-corrected chi connectivity index (χ4v) is 3.87. The van der Waals surface area contributed by atoms with E-state index in [0.29, 0.717) is 12.5 Å².